The van der Waals surface area contributed by atoms with E-state index < -0.39 is 11.6 Å². The van der Waals surface area contributed by atoms with E-state index in [0.717, 1.165) is 11.6 Å². The number of halogens is 3. The molecule has 0 saturated heterocycles. The Morgan fingerprint density at radius 2 is 2.12 bits per heavy atom. The van der Waals surface area contributed by atoms with Gasteiger partial charge in [-0.3, -0.25) is 0 Å². The minimum atomic E-state index is -0.946. The summed E-state index contributed by atoms with van der Waals surface area (Å²) in [5.41, 5.74) is 1.46. The summed E-state index contributed by atoms with van der Waals surface area (Å²) in [7, 11) is 0. The Hall–Kier alpha value is -1.26. The number of aromatic nitrogens is 1. The first-order valence-corrected chi connectivity index (χ1v) is 5.59. The molecule has 0 unspecified atom stereocenters. The van der Waals surface area contributed by atoms with Gasteiger partial charge in [-0.05, 0) is 12.1 Å². The molecule has 88 valence electrons. The number of nitrogens with zero attached hydrogens (tertiary/aromatic N) is 1. The Morgan fingerprint density at radius 3 is 2.94 bits per heavy atom. The third kappa shape index (κ3) is 1.59. The minimum absolute atomic E-state index is 0.00403. The summed E-state index contributed by atoms with van der Waals surface area (Å²) < 4.78 is 32.0. The standard InChI is InChI=1S/C12H8ClF2NO/c13-10-6-1-2-8(14)11(15)12(6)16-9-3-4-17-5-7(9)10/h1-2H,3-5H2. The molecule has 0 amide bonds. The van der Waals surface area contributed by atoms with Crippen molar-refractivity contribution < 1.29 is 13.5 Å². The van der Waals surface area contributed by atoms with Crippen LogP contribution in [0.15, 0.2) is 12.1 Å². The molecule has 0 aliphatic carbocycles. The van der Waals surface area contributed by atoms with Gasteiger partial charge < -0.3 is 4.74 Å². The Kier molecular flexibility index (Phi) is 2.49. The molecule has 1 aromatic carbocycles. The van der Waals surface area contributed by atoms with Gasteiger partial charge >= 0.3 is 0 Å². The SMILES string of the molecule is Fc1ccc2c(Cl)c3c(nc2c1F)CCOC3. The predicted molar refractivity (Wildman–Crippen MR) is 60.0 cm³/mol. The van der Waals surface area contributed by atoms with Crippen LogP contribution in [0.2, 0.25) is 5.02 Å². The molecule has 3 rings (SSSR count). The average Bonchev–Trinajstić information content (AvgIpc) is 2.35. The molecular weight excluding hydrogens is 248 g/mol. The number of rotatable bonds is 0. The van der Waals surface area contributed by atoms with E-state index in [0.29, 0.717) is 35.7 Å². The monoisotopic (exact) mass is 255 g/mol. The summed E-state index contributed by atoms with van der Waals surface area (Å²) in [4.78, 5) is 4.16. The van der Waals surface area contributed by atoms with Crippen LogP contribution in [-0.4, -0.2) is 11.6 Å². The largest absolute Gasteiger partial charge is 0.376 e. The zero-order valence-electron chi connectivity index (χ0n) is 8.77. The molecule has 0 bridgehead atoms. The highest BCUT2D eigenvalue weighted by molar-refractivity contribution is 6.36. The maximum absolute atomic E-state index is 13.6. The lowest BCUT2D eigenvalue weighted by Gasteiger charge is -2.18. The summed E-state index contributed by atoms with van der Waals surface area (Å²) in [6.45, 7) is 0.898. The fourth-order valence-electron chi connectivity index (χ4n) is 2.01. The highest BCUT2D eigenvalue weighted by Gasteiger charge is 2.20. The van der Waals surface area contributed by atoms with E-state index in [1.54, 1.807) is 0 Å². The van der Waals surface area contributed by atoms with Crippen molar-refractivity contribution >= 4 is 22.5 Å². The number of benzene rings is 1. The molecule has 2 aromatic rings. The fraction of sp³-hybridized carbons (Fsp3) is 0.250. The van der Waals surface area contributed by atoms with E-state index in [1.807, 2.05) is 0 Å². The fourth-order valence-corrected chi connectivity index (χ4v) is 2.33. The number of pyridine rings is 1. The third-order valence-electron chi connectivity index (χ3n) is 2.90. The Labute approximate surface area is 101 Å². The molecule has 2 nitrogen and oxygen atoms in total. The lowest BCUT2D eigenvalue weighted by molar-refractivity contribution is 0.109. The normalized spacial score (nSPS) is 15.0. The second-order valence-corrected chi connectivity index (χ2v) is 4.29. The van der Waals surface area contributed by atoms with Crippen molar-refractivity contribution in [1.29, 1.82) is 0 Å². The molecule has 0 radical (unpaired) electrons. The molecule has 0 N–H and O–H groups in total. The number of fused-ring (bicyclic) bond motifs is 2. The number of hydrogen-bond donors (Lipinski definition) is 0. The molecule has 0 saturated carbocycles. The maximum atomic E-state index is 13.6. The van der Waals surface area contributed by atoms with Crippen molar-refractivity contribution in [2.24, 2.45) is 0 Å². The second kappa shape index (κ2) is 3.89. The Balaban J connectivity index is 2.40. The molecule has 2 heterocycles. The van der Waals surface area contributed by atoms with Gasteiger partial charge in [0.1, 0.15) is 5.52 Å². The van der Waals surface area contributed by atoms with Crippen LogP contribution < -0.4 is 0 Å². The van der Waals surface area contributed by atoms with Gasteiger partial charge in [0.2, 0.25) is 0 Å². The van der Waals surface area contributed by atoms with E-state index >= 15 is 0 Å². The van der Waals surface area contributed by atoms with E-state index in [9.17, 15) is 8.78 Å². The smallest absolute Gasteiger partial charge is 0.185 e. The van der Waals surface area contributed by atoms with Crippen LogP contribution in [-0.2, 0) is 17.8 Å². The second-order valence-electron chi connectivity index (χ2n) is 3.91. The van der Waals surface area contributed by atoms with E-state index in [4.69, 9.17) is 16.3 Å². The Morgan fingerprint density at radius 1 is 1.29 bits per heavy atom. The number of ether oxygens (including phenoxy) is 1. The minimum Gasteiger partial charge on any atom is -0.376 e. The van der Waals surface area contributed by atoms with E-state index in [-0.39, 0.29) is 5.52 Å². The zero-order chi connectivity index (χ0) is 12.0. The first kappa shape index (κ1) is 10.9. The lowest BCUT2D eigenvalue weighted by atomic mass is 10.1. The molecule has 0 atom stereocenters. The third-order valence-corrected chi connectivity index (χ3v) is 3.33. The van der Waals surface area contributed by atoms with Gasteiger partial charge in [0.15, 0.2) is 11.6 Å². The van der Waals surface area contributed by atoms with Crippen LogP contribution in [0.5, 0.6) is 0 Å². The highest BCUT2D eigenvalue weighted by Crippen LogP contribution is 2.32. The van der Waals surface area contributed by atoms with Gasteiger partial charge in [0.25, 0.3) is 0 Å². The molecule has 5 heteroatoms. The topological polar surface area (TPSA) is 22.1 Å². The first-order chi connectivity index (χ1) is 8.18. The van der Waals surface area contributed by atoms with Crippen molar-refractivity contribution in [1.82, 2.24) is 4.98 Å². The van der Waals surface area contributed by atoms with Crippen LogP contribution in [0.1, 0.15) is 11.3 Å². The molecular formula is C12H8ClF2NO. The summed E-state index contributed by atoms with van der Waals surface area (Å²) in [6, 6.07) is 2.50. The molecule has 1 aliphatic rings. The van der Waals surface area contributed by atoms with Crippen LogP contribution in [0.3, 0.4) is 0 Å². The molecule has 0 spiro atoms. The summed E-state index contributed by atoms with van der Waals surface area (Å²) in [5.74, 6) is -1.85. The van der Waals surface area contributed by atoms with Crippen LogP contribution in [0, 0.1) is 11.6 Å². The highest BCUT2D eigenvalue weighted by atomic mass is 35.5. The van der Waals surface area contributed by atoms with Crippen molar-refractivity contribution in [3.63, 3.8) is 0 Å². The van der Waals surface area contributed by atoms with Crippen molar-refractivity contribution in [2.75, 3.05) is 6.61 Å². The van der Waals surface area contributed by atoms with Gasteiger partial charge in [-0.25, -0.2) is 13.8 Å². The van der Waals surface area contributed by atoms with E-state index in [1.165, 1.54) is 6.07 Å². The summed E-state index contributed by atoms with van der Waals surface area (Å²) >= 11 is 6.17. The quantitative estimate of drug-likeness (QED) is 0.721. The van der Waals surface area contributed by atoms with Crippen LogP contribution >= 0.6 is 11.6 Å². The molecule has 1 aliphatic heterocycles. The van der Waals surface area contributed by atoms with Gasteiger partial charge in [-0.15, -0.1) is 0 Å². The number of hydrogen-bond acceptors (Lipinski definition) is 2. The summed E-state index contributed by atoms with van der Waals surface area (Å²) in [6.07, 6.45) is 0.570. The van der Waals surface area contributed by atoms with Crippen molar-refractivity contribution in [3.8, 4) is 0 Å². The zero-order valence-corrected chi connectivity index (χ0v) is 9.52. The van der Waals surface area contributed by atoms with Crippen molar-refractivity contribution in [2.45, 2.75) is 13.0 Å². The van der Waals surface area contributed by atoms with Crippen LogP contribution in [0.25, 0.3) is 10.9 Å². The molecule has 0 fully saturated rings. The lowest BCUT2D eigenvalue weighted by Crippen LogP contribution is -2.13. The van der Waals surface area contributed by atoms with Gasteiger partial charge in [0.05, 0.1) is 23.9 Å². The summed E-state index contributed by atoms with van der Waals surface area (Å²) in [5, 5.41) is 0.832. The predicted octanol–water partition coefficient (Wildman–Crippen LogP) is 3.24. The van der Waals surface area contributed by atoms with Gasteiger partial charge in [-0.1, -0.05) is 11.6 Å². The molecule has 17 heavy (non-hydrogen) atoms. The molecule has 1 aromatic heterocycles. The van der Waals surface area contributed by atoms with Gasteiger partial charge in [0, 0.05) is 17.4 Å². The maximum Gasteiger partial charge on any atom is 0.185 e. The first-order valence-electron chi connectivity index (χ1n) is 5.21. The van der Waals surface area contributed by atoms with Crippen molar-refractivity contribution in [3.05, 3.63) is 40.0 Å². The van der Waals surface area contributed by atoms with E-state index in [2.05, 4.69) is 4.98 Å². The Bertz CT molecular complexity index is 615. The average molecular weight is 256 g/mol. The van der Waals surface area contributed by atoms with Crippen LogP contribution in [0.4, 0.5) is 8.78 Å². The van der Waals surface area contributed by atoms with Gasteiger partial charge in [-0.2, -0.15) is 0 Å².